The molecule has 0 saturated heterocycles. The van der Waals surface area contributed by atoms with Gasteiger partial charge in [0.2, 0.25) is 0 Å². The van der Waals surface area contributed by atoms with Gasteiger partial charge >= 0.3 is 0 Å². The Morgan fingerprint density at radius 1 is 0.500 bits per heavy atom. The van der Waals surface area contributed by atoms with Gasteiger partial charge in [-0.15, -0.1) is 11.8 Å². The maximum atomic E-state index is 2.55. The topological polar surface area (TPSA) is 0 Å². The highest BCUT2D eigenvalue weighted by Gasteiger charge is 2.54. The summed E-state index contributed by atoms with van der Waals surface area (Å²) in [5.41, 5.74) is 15.4. The van der Waals surface area contributed by atoms with Gasteiger partial charge < -0.3 is 0 Å². The molecule has 0 nitrogen and oxygen atoms in total. The molecule has 5 aromatic rings. The second-order valence-corrected chi connectivity index (χ2v) is 14.3. The van der Waals surface area contributed by atoms with Gasteiger partial charge in [-0.3, -0.25) is 0 Å². The van der Waals surface area contributed by atoms with Crippen molar-refractivity contribution in [1.82, 2.24) is 0 Å². The van der Waals surface area contributed by atoms with Crippen molar-refractivity contribution in [2.75, 3.05) is 0 Å². The van der Waals surface area contributed by atoms with E-state index in [0.717, 1.165) is 0 Å². The van der Waals surface area contributed by atoms with E-state index in [1.165, 1.54) is 86.2 Å². The van der Waals surface area contributed by atoms with Crippen LogP contribution in [0.5, 0.6) is 0 Å². The molecule has 1 fully saturated rings. The molecular formula is C39H32S. The van der Waals surface area contributed by atoms with E-state index >= 15 is 0 Å². The van der Waals surface area contributed by atoms with Crippen LogP contribution in [0.2, 0.25) is 0 Å². The van der Waals surface area contributed by atoms with Gasteiger partial charge in [-0.2, -0.15) is 0 Å². The van der Waals surface area contributed by atoms with Crippen LogP contribution in [0.25, 0.3) is 33.4 Å². The summed E-state index contributed by atoms with van der Waals surface area (Å²) in [4.78, 5) is 1.50. The average Bonchev–Trinajstić information content (AvgIpc) is 3.55. The molecule has 9 rings (SSSR count). The molecule has 1 spiro atoms. The predicted molar refractivity (Wildman–Crippen MR) is 168 cm³/mol. The van der Waals surface area contributed by atoms with Crippen molar-refractivity contribution in [3.63, 3.8) is 0 Å². The van der Waals surface area contributed by atoms with Crippen LogP contribution in [0.15, 0.2) is 114 Å². The van der Waals surface area contributed by atoms with Gasteiger partial charge in [-0.1, -0.05) is 111 Å². The molecule has 1 aliphatic heterocycles. The van der Waals surface area contributed by atoms with Crippen molar-refractivity contribution >= 4 is 11.8 Å². The van der Waals surface area contributed by atoms with Crippen molar-refractivity contribution in [3.05, 3.63) is 137 Å². The summed E-state index contributed by atoms with van der Waals surface area (Å²) in [5, 5.41) is 0. The number of hydrogen-bond donors (Lipinski definition) is 0. The lowest BCUT2D eigenvalue weighted by Gasteiger charge is -2.45. The van der Waals surface area contributed by atoms with Gasteiger partial charge in [0.05, 0.1) is 5.41 Å². The van der Waals surface area contributed by atoms with Crippen LogP contribution in [0.4, 0.5) is 0 Å². The highest BCUT2D eigenvalue weighted by atomic mass is 32.2. The SMILES string of the molecule is CC12CCCCC1(C)c1cc(-c3ccc4c(c3)C3(c5ccccc5-c5ccccc53)c3ccccc3-4)ccc1S2. The summed E-state index contributed by atoms with van der Waals surface area (Å²) in [6.07, 6.45) is 5.31. The first kappa shape index (κ1) is 23.2. The third-order valence-corrected chi connectivity index (χ3v) is 12.7. The Morgan fingerprint density at radius 3 is 1.62 bits per heavy atom. The number of benzene rings is 5. The molecule has 4 aliphatic rings. The van der Waals surface area contributed by atoms with E-state index in [1.807, 2.05) is 0 Å². The summed E-state index contributed by atoms with van der Waals surface area (Å²) in [5.74, 6) is 0. The fourth-order valence-electron chi connectivity index (χ4n) is 8.81. The molecule has 0 radical (unpaired) electrons. The van der Waals surface area contributed by atoms with Crippen molar-refractivity contribution < 1.29 is 0 Å². The summed E-state index contributed by atoms with van der Waals surface area (Å²) in [6, 6.07) is 41.9. The fraction of sp³-hybridized carbons (Fsp3) is 0.231. The van der Waals surface area contributed by atoms with Gasteiger partial charge in [0.15, 0.2) is 0 Å². The van der Waals surface area contributed by atoms with E-state index in [0.29, 0.717) is 4.75 Å². The molecule has 0 amide bonds. The van der Waals surface area contributed by atoms with Crippen LogP contribution in [0.1, 0.15) is 67.3 Å². The smallest absolute Gasteiger partial charge is 0.0725 e. The number of thioether (sulfide) groups is 1. The third-order valence-electron chi connectivity index (χ3n) is 11.0. The molecule has 3 aliphatic carbocycles. The minimum absolute atomic E-state index is 0.249. The van der Waals surface area contributed by atoms with Gasteiger partial charge in [0, 0.05) is 15.1 Å². The Labute approximate surface area is 241 Å². The Bertz CT molecular complexity index is 1810. The molecule has 2 unspecified atom stereocenters. The van der Waals surface area contributed by atoms with Crippen molar-refractivity contribution in [2.45, 2.75) is 60.0 Å². The maximum Gasteiger partial charge on any atom is 0.0725 e. The Morgan fingerprint density at radius 2 is 1.00 bits per heavy atom. The van der Waals surface area contributed by atoms with Gasteiger partial charge in [-0.25, -0.2) is 0 Å². The standard InChI is InChI=1S/C39H32S/c1-37-21-9-10-22-38(37,2)40-36-20-18-26(24-35(36)37)25-17-19-30-29-13-5-8-16-33(29)39(34(30)23-25)31-14-6-3-11-27(31)28-12-4-7-15-32(28)39/h3-8,11-20,23-24H,9-10,21-22H2,1-2H3. The van der Waals surface area contributed by atoms with Gasteiger partial charge in [-0.05, 0) is 99.2 Å². The summed E-state index contributed by atoms with van der Waals surface area (Å²) >= 11 is 2.14. The van der Waals surface area contributed by atoms with Gasteiger partial charge in [0.25, 0.3) is 0 Å². The predicted octanol–water partition coefficient (Wildman–Crippen LogP) is 10.4. The highest BCUT2D eigenvalue weighted by molar-refractivity contribution is 8.01. The summed E-state index contributed by atoms with van der Waals surface area (Å²) < 4.78 is 0.313. The van der Waals surface area contributed by atoms with E-state index in [-0.39, 0.29) is 10.8 Å². The number of fused-ring (bicyclic) bond motifs is 13. The molecule has 1 heteroatoms. The maximum absolute atomic E-state index is 2.55. The molecule has 1 heterocycles. The zero-order valence-electron chi connectivity index (χ0n) is 23.1. The normalized spacial score (nSPS) is 24.1. The van der Waals surface area contributed by atoms with Crippen LogP contribution in [-0.2, 0) is 10.8 Å². The largest absolute Gasteiger partial charge is 0.118 e. The van der Waals surface area contributed by atoms with Crippen LogP contribution in [0, 0.1) is 0 Å². The zero-order valence-corrected chi connectivity index (χ0v) is 23.9. The van der Waals surface area contributed by atoms with E-state index in [9.17, 15) is 0 Å². The second-order valence-electron chi connectivity index (χ2n) is 12.7. The summed E-state index contributed by atoms with van der Waals surface area (Å²) in [7, 11) is 0. The first-order valence-corrected chi connectivity index (χ1v) is 15.6. The average molecular weight is 533 g/mol. The van der Waals surface area contributed by atoms with Crippen LogP contribution in [0.3, 0.4) is 0 Å². The first-order chi connectivity index (χ1) is 19.5. The zero-order chi connectivity index (χ0) is 26.7. The Balaban J connectivity index is 1.29. The van der Waals surface area contributed by atoms with E-state index in [1.54, 1.807) is 5.56 Å². The quantitative estimate of drug-likeness (QED) is 0.203. The van der Waals surface area contributed by atoms with Crippen molar-refractivity contribution in [3.8, 4) is 33.4 Å². The minimum Gasteiger partial charge on any atom is -0.118 e. The Kier molecular flexibility index (Phi) is 4.52. The molecule has 0 aromatic heterocycles. The lowest BCUT2D eigenvalue weighted by atomic mass is 9.64. The lowest BCUT2D eigenvalue weighted by molar-refractivity contribution is 0.260. The third kappa shape index (κ3) is 2.66. The molecule has 5 aromatic carbocycles. The van der Waals surface area contributed by atoms with E-state index in [2.05, 4.69) is 135 Å². The molecular weight excluding hydrogens is 500 g/mol. The van der Waals surface area contributed by atoms with Crippen molar-refractivity contribution in [2.24, 2.45) is 0 Å². The van der Waals surface area contributed by atoms with Crippen LogP contribution in [-0.4, -0.2) is 4.75 Å². The molecule has 194 valence electrons. The minimum atomic E-state index is -0.282. The second kappa shape index (κ2) is 7.80. The first-order valence-electron chi connectivity index (χ1n) is 14.8. The molecule has 1 saturated carbocycles. The molecule has 0 N–H and O–H groups in total. The van der Waals surface area contributed by atoms with E-state index in [4.69, 9.17) is 0 Å². The fourth-order valence-corrected chi connectivity index (χ4v) is 10.5. The summed E-state index contributed by atoms with van der Waals surface area (Å²) in [6.45, 7) is 5.05. The Hall–Kier alpha value is -3.55. The van der Waals surface area contributed by atoms with Crippen LogP contribution >= 0.6 is 11.8 Å². The molecule has 40 heavy (non-hydrogen) atoms. The highest BCUT2D eigenvalue weighted by Crippen LogP contribution is 2.65. The number of rotatable bonds is 1. The van der Waals surface area contributed by atoms with E-state index < -0.39 is 0 Å². The molecule has 2 atom stereocenters. The van der Waals surface area contributed by atoms with Gasteiger partial charge in [0.1, 0.15) is 0 Å². The lowest BCUT2D eigenvalue weighted by Crippen LogP contribution is -2.43. The number of hydrogen-bond acceptors (Lipinski definition) is 1. The van der Waals surface area contributed by atoms with Crippen LogP contribution < -0.4 is 0 Å². The molecule has 0 bridgehead atoms. The van der Waals surface area contributed by atoms with Crippen molar-refractivity contribution in [1.29, 1.82) is 0 Å². The monoisotopic (exact) mass is 532 g/mol.